The lowest BCUT2D eigenvalue weighted by Crippen LogP contribution is -2.55. The second-order valence-electron chi connectivity index (χ2n) is 16.0. The summed E-state index contributed by atoms with van der Waals surface area (Å²) in [5, 5.41) is 10.9. The number of carbonyl (C=O) groups is 4. The fourth-order valence-corrected chi connectivity index (χ4v) is 7.59. The highest BCUT2D eigenvalue weighted by Crippen LogP contribution is 2.33. The number of aliphatic hydroxyl groups excluding tert-OH is 1. The average Bonchev–Trinajstić information content (AvgIpc) is 3.62. The van der Waals surface area contributed by atoms with Gasteiger partial charge in [-0.25, -0.2) is 0 Å². The van der Waals surface area contributed by atoms with Crippen molar-refractivity contribution in [2.24, 2.45) is 35.3 Å². The number of rotatable bonds is 22. The van der Waals surface area contributed by atoms with Crippen LogP contribution in [-0.2, 0) is 28.7 Å². The second kappa shape index (κ2) is 20.7. The number of benzene rings is 1. The SMILES string of the molecule is CC[C@H](C)[C@@H]([C@@H](CC(=O)N1CCC[C@H]1[C@H](OC)[C@@H](C)C(=O)C[C@H](C)[C@@H](O)c1ccccc1)OC)N(C)C(=O)[C@@H](CC(=O)C(C)(C)N(C)C)C(C)CN. The minimum absolute atomic E-state index is 0.0126. The van der Waals surface area contributed by atoms with Crippen LogP contribution in [0.5, 0.6) is 0 Å². The van der Waals surface area contributed by atoms with Gasteiger partial charge in [0.2, 0.25) is 11.8 Å². The Labute approximate surface area is 313 Å². The van der Waals surface area contributed by atoms with E-state index in [1.54, 1.807) is 26.2 Å². The number of likely N-dealkylation sites (N-methyl/N-ethyl adjacent to an activating group) is 2. The third kappa shape index (κ3) is 11.2. The Bertz CT molecular complexity index is 1290. The predicted octanol–water partition coefficient (Wildman–Crippen LogP) is 4.75. The van der Waals surface area contributed by atoms with Gasteiger partial charge in [0.25, 0.3) is 0 Å². The highest BCUT2D eigenvalue weighted by molar-refractivity contribution is 5.92. The van der Waals surface area contributed by atoms with Gasteiger partial charge in [-0.1, -0.05) is 71.4 Å². The van der Waals surface area contributed by atoms with Crippen LogP contribution >= 0.6 is 0 Å². The number of carbonyl (C=O) groups excluding carboxylic acids is 4. The summed E-state index contributed by atoms with van der Waals surface area (Å²) in [6.07, 6.45) is 0.618. The first-order valence-electron chi connectivity index (χ1n) is 19.2. The molecule has 1 aromatic rings. The van der Waals surface area contributed by atoms with E-state index in [1.165, 1.54) is 0 Å². The quantitative estimate of drug-likeness (QED) is 0.173. The molecule has 52 heavy (non-hydrogen) atoms. The first kappa shape index (κ1) is 45.5. The zero-order chi connectivity index (χ0) is 39.5. The van der Waals surface area contributed by atoms with Gasteiger partial charge in [-0.05, 0) is 70.6 Å². The number of ether oxygens (including phenoxy) is 2. The van der Waals surface area contributed by atoms with Crippen LogP contribution in [-0.4, -0.2) is 121 Å². The molecule has 0 saturated carbocycles. The average molecular weight is 731 g/mol. The molecular weight excluding hydrogens is 660 g/mol. The van der Waals surface area contributed by atoms with Gasteiger partial charge in [-0.3, -0.25) is 24.1 Å². The lowest BCUT2D eigenvalue weighted by Gasteiger charge is -2.41. The van der Waals surface area contributed by atoms with E-state index in [0.717, 1.165) is 18.4 Å². The van der Waals surface area contributed by atoms with Crippen LogP contribution in [0.1, 0.15) is 98.7 Å². The topological polar surface area (TPSA) is 143 Å². The molecule has 2 rings (SSSR count). The molecule has 11 nitrogen and oxygen atoms in total. The number of ketones is 2. The summed E-state index contributed by atoms with van der Waals surface area (Å²) in [6, 6.07) is 8.60. The Morgan fingerprint density at radius 1 is 0.942 bits per heavy atom. The van der Waals surface area contributed by atoms with Crippen molar-refractivity contribution in [1.29, 1.82) is 0 Å². The van der Waals surface area contributed by atoms with E-state index in [4.69, 9.17) is 15.2 Å². The van der Waals surface area contributed by atoms with Crippen molar-refractivity contribution in [2.75, 3.05) is 48.5 Å². The van der Waals surface area contributed by atoms with Crippen LogP contribution in [0.4, 0.5) is 0 Å². The van der Waals surface area contributed by atoms with Crippen LogP contribution in [0.15, 0.2) is 30.3 Å². The molecule has 1 unspecified atom stereocenters. The Morgan fingerprint density at radius 3 is 2.08 bits per heavy atom. The third-order valence-electron chi connectivity index (χ3n) is 12.1. The minimum Gasteiger partial charge on any atom is -0.388 e. The molecule has 0 bridgehead atoms. The number of hydrogen-bond acceptors (Lipinski definition) is 9. The van der Waals surface area contributed by atoms with Gasteiger partial charge in [0.1, 0.15) is 5.78 Å². The third-order valence-corrected chi connectivity index (χ3v) is 12.1. The Morgan fingerprint density at radius 2 is 1.56 bits per heavy atom. The molecule has 296 valence electrons. The monoisotopic (exact) mass is 731 g/mol. The van der Waals surface area contributed by atoms with E-state index in [1.807, 2.05) is 95.8 Å². The Hall–Kier alpha value is -2.70. The fraction of sp³-hybridized carbons (Fsp3) is 0.756. The molecule has 11 heteroatoms. The summed E-state index contributed by atoms with van der Waals surface area (Å²) in [6.45, 7) is 14.2. The summed E-state index contributed by atoms with van der Waals surface area (Å²) >= 11 is 0. The van der Waals surface area contributed by atoms with E-state index in [-0.39, 0.29) is 73.0 Å². The molecule has 2 amide bonds. The van der Waals surface area contributed by atoms with E-state index in [2.05, 4.69) is 6.92 Å². The maximum Gasteiger partial charge on any atom is 0.226 e. The molecule has 0 aromatic heterocycles. The zero-order valence-electron chi connectivity index (χ0n) is 34.1. The van der Waals surface area contributed by atoms with Gasteiger partial charge in [0, 0.05) is 52.5 Å². The number of nitrogens with two attached hydrogens (primary N) is 1. The number of likely N-dealkylation sites (tertiary alicyclic amines) is 1. The predicted molar refractivity (Wildman–Crippen MR) is 205 cm³/mol. The standard InChI is InChI=1S/C41H70N4O7/c1-13-26(2)37(44(10)40(50)31(28(4)25-42)23-35(47)41(6,7)43(8)9)34(51-11)24-36(48)45-21-17-20-32(45)39(52-12)29(5)33(46)22-27(3)38(49)30-18-15-14-16-19-30/h14-16,18-19,26-29,31-32,34,37-39,49H,13,17,20-25,42H2,1-12H3/t26-,27-,28?,29-,31-,32-,34+,37-,38+,39+/m0/s1. The van der Waals surface area contributed by atoms with Crippen LogP contribution in [0.2, 0.25) is 0 Å². The van der Waals surface area contributed by atoms with Gasteiger partial charge in [0.15, 0.2) is 5.78 Å². The largest absolute Gasteiger partial charge is 0.388 e. The van der Waals surface area contributed by atoms with E-state index >= 15 is 0 Å². The van der Waals surface area contributed by atoms with Gasteiger partial charge in [-0.15, -0.1) is 0 Å². The summed E-state index contributed by atoms with van der Waals surface area (Å²) in [7, 11) is 8.60. The molecular formula is C41H70N4O7. The molecule has 1 heterocycles. The number of methoxy groups -OCH3 is 2. The fourth-order valence-electron chi connectivity index (χ4n) is 7.59. The van der Waals surface area contributed by atoms with Gasteiger partial charge < -0.3 is 30.1 Å². The normalized spacial score (nSPS) is 20.4. The molecule has 0 radical (unpaired) electrons. The van der Waals surface area contributed by atoms with Crippen LogP contribution in [0.3, 0.4) is 0 Å². The van der Waals surface area contributed by atoms with E-state index in [0.29, 0.717) is 13.0 Å². The zero-order valence-corrected chi connectivity index (χ0v) is 34.1. The van der Waals surface area contributed by atoms with Crippen LogP contribution in [0, 0.1) is 29.6 Å². The lowest BCUT2D eigenvalue weighted by atomic mass is 9.82. The number of nitrogens with zero attached hydrogens (tertiary/aromatic N) is 3. The van der Waals surface area contributed by atoms with Gasteiger partial charge in [-0.2, -0.15) is 0 Å². The molecule has 1 fully saturated rings. The smallest absolute Gasteiger partial charge is 0.226 e. The van der Waals surface area contributed by atoms with Crippen molar-refractivity contribution in [2.45, 2.75) is 123 Å². The van der Waals surface area contributed by atoms with Crippen molar-refractivity contribution in [3.63, 3.8) is 0 Å². The maximum atomic E-state index is 14.3. The van der Waals surface area contributed by atoms with Crippen molar-refractivity contribution in [3.8, 4) is 0 Å². The molecule has 1 aromatic carbocycles. The first-order chi connectivity index (χ1) is 24.4. The minimum atomic E-state index is -0.767. The molecule has 1 aliphatic heterocycles. The van der Waals surface area contributed by atoms with Crippen molar-refractivity contribution < 1.29 is 33.8 Å². The van der Waals surface area contributed by atoms with Crippen molar-refractivity contribution >= 4 is 23.4 Å². The highest BCUT2D eigenvalue weighted by atomic mass is 16.5. The summed E-state index contributed by atoms with van der Waals surface area (Å²) < 4.78 is 12.0. The molecule has 0 spiro atoms. The van der Waals surface area contributed by atoms with Crippen LogP contribution in [0.25, 0.3) is 0 Å². The van der Waals surface area contributed by atoms with Gasteiger partial charge >= 0.3 is 0 Å². The lowest BCUT2D eigenvalue weighted by molar-refractivity contribution is -0.149. The molecule has 10 atom stereocenters. The summed E-state index contributed by atoms with van der Waals surface area (Å²) in [5.74, 6) is -2.01. The maximum absolute atomic E-state index is 14.3. The highest BCUT2D eigenvalue weighted by Gasteiger charge is 2.44. The number of amides is 2. The molecule has 3 N–H and O–H groups in total. The summed E-state index contributed by atoms with van der Waals surface area (Å²) in [4.78, 5) is 60.9. The molecule has 0 aliphatic carbocycles. The number of aliphatic hydroxyl groups is 1. The van der Waals surface area contributed by atoms with E-state index < -0.39 is 41.7 Å². The summed E-state index contributed by atoms with van der Waals surface area (Å²) in [5.41, 5.74) is 6.10. The first-order valence-corrected chi connectivity index (χ1v) is 19.2. The van der Waals surface area contributed by atoms with Crippen LogP contribution < -0.4 is 5.73 Å². The number of hydrogen-bond donors (Lipinski definition) is 2. The van der Waals surface area contributed by atoms with Gasteiger partial charge in [0.05, 0.1) is 42.4 Å². The molecule has 1 aliphatic rings. The van der Waals surface area contributed by atoms with Crippen molar-refractivity contribution in [3.05, 3.63) is 35.9 Å². The Kier molecular flexibility index (Phi) is 18.1. The van der Waals surface area contributed by atoms with Crippen molar-refractivity contribution in [1.82, 2.24) is 14.7 Å². The van der Waals surface area contributed by atoms with E-state index in [9.17, 15) is 24.3 Å². The second-order valence-corrected chi connectivity index (χ2v) is 16.0. The Balaban J connectivity index is 2.27. The number of Topliss-reactive ketones (excluding diaryl/α,β-unsaturated/α-hetero) is 2. The molecule has 1 saturated heterocycles.